The number of hydrogen-bond acceptors (Lipinski definition) is 3. The van der Waals surface area contributed by atoms with E-state index >= 15 is 0 Å². The van der Waals surface area contributed by atoms with Gasteiger partial charge < -0.3 is 0 Å². The molecule has 0 aliphatic heterocycles. The molecular formula is C18H10Cl4N2OS. The molecule has 1 heterocycles. The molecule has 0 radical (unpaired) electrons. The van der Waals surface area contributed by atoms with Crippen molar-refractivity contribution >= 4 is 74.9 Å². The lowest BCUT2D eigenvalue weighted by Crippen LogP contribution is -2.07. The Morgan fingerprint density at radius 2 is 1.65 bits per heavy atom. The highest BCUT2D eigenvalue weighted by Crippen LogP contribution is 2.30. The first kappa shape index (κ1) is 19.2. The van der Waals surface area contributed by atoms with Gasteiger partial charge in [-0.25, -0.2) is 4.98 Å². The molecule has 1 N–H and O–H groups in total. The summed E-state index contributed by atoms with van der Waals surface area (Å²) < 4.78 is 0. The number of nitrogens with one attached hydrogen (secondary N) is 1. The van der Waals surface area contributed by atoms with Gasteiger partial charge in [-0.05, 0) is 35.9 Å². The molecule has 0 atom stereocenters. The standard InChI is InChI=1S/C18H10Cl4N2OS/c19-12-4-1-10(7-14(12)21)2-6-17(25)24-18-23-16(9-26-18)11-3-5-13(20)15(22)8-11/h1-9H,(H,23,24,25)/b6-2+. The maximum Gasteiger partial charge on any atom is 0.250 e. The minimum Gasteiger partial charge on any atom is -0.298 e. The van der Waals surface area contributed by atoms with Gasteiger partial charge in [-0.15, -0.1) is 11.3 Å². The summed E-state index contributed by atoms with van der Waals surface area (Å²) in [6.07, 6.45) is 3.05. The van der Waals surface area contributed by atoms with E-state index < -0.39 is 0 Å². The molecule has 0 fully saturated rings. The maximum atomic E-state index is 12.1. The third-order valence-corrected chi connectivity index (χ3v) is 5.56. The van der Waals surface area contributed by atoms with Crippen LogP contribution in [0.3, 0.4) is 0 Å². The van der Waals surface area contributed by atoms with E-state index in [-0.39, 0.29) is 5.91 Å². The fourth-order valence-corrected chi connectivity index (χ4v) is 3.38. The predicted molar refractivity (Wildman–Crippen MR) is 112 cm³/mol. The number of aromatic nitrogens is 1. The first-order valence-electron chi connectivity index (χ1n) is 7.27. The molecule has 132 valence electrons. The van der Waals surface area contributed by atoms with Gasteiger partial charge in [0.2, 0.25) is 5.91 Å². The summed E-state index contributed by atoms with van der Waals surface area (Å²) >= 11 is 25.1. The van der Waals surface area contributed by atoms with Crippen LogP contribution in [0.15, 0.2) is 47.9 Å². The Morgan fingerprint density at radius 1 is 0.962 bits per heavy atom. The fraction of sp³-hybridized carbons (Fsp3) is 0. The highest BCUT2D eigenvalue weighted by Gasteiger charge is 2.08. The Labute approximate surface area is 174 Å². The van der Waals surface area contributed by atoms with Crippen molar-refractivity contribution in [3.05, 3.63) is 73.5 Å². The first-order valence-corrected chi connectivity index (χ1v) is 9.66. The SMILES string of the molecule is O=C(/C=C/c1ccc(Cl)c(Cl)c1)Nc1nc(-c2ccc(Cl)c(Cl)c2)cs1. The van der Waals surface area contributed by atoms with Gasteiger partial charge in [-0.3, -0.25) is 10.1 Å². The minimum atomic E-state index is -0.300. The molecule has 0 bridgehead atoms. The van der Waals surface area contributed by atoms with Crippen molar-refractivity contribution in [1.82, 2.24) is 4.98 Å². The summed E-state index contributed by atoms with van der Waals surface area (Å²) in [4.78, 5) is 16.4. The van der Waals surface area contributed by atoms with Crippen LogP contribution in [0.25, 0.3) is 17.3 Å². The second kappa shape index (κ2) is 8.42. The number of hydrogen-bond donors (Lipinski definition) is 1. The van der Waals surface area contributed by atoms with Crippen LogP contribution in [0.1, 0.15) is 5.56 Å². The van der Waals surface area contributed by atoms with Crippen molar-refractivity contribution in [3.63, 3.8) is 0 Å². The summed E-state index contributed by atoms with van der Waals surface area (Å²) in [5.41, 5.74) is 2.30. The summed E-state index contributed by atoms with van der Waals surface area (Å²) in [6.45, 7) is 0. The van der Waals surface area contributed by atoms with E-state index in [0.29, 0.717) is 30.9 Å². The van der Waals surface area contributed by atoms with Crippen LogP contribution < -0.4 is 5.32 Å². The van der Waals surface area contributed by atoms with E-state index in [1.165, 1.54) is 17.4 Å². The lowest BCUT2D eigenvalue weighted by atomic mass is 10.2. The molecule has 0 saturated heterocycles. The van der Waals surface area contributed by atoms with Gasteiger partial charge in [0.25, 0.3) is 0 Å². The summed E-state index contributed by atoms with van der Waals surface area (Å²) in [6, 6.07) is 10.4. The van der Waals surface area contributed by atoms with E-state index in [1.54, 1.807) is 36.4 Å². The topological polar surface area (TPSA) is 42.0 Å². The highest BCUT2D eigenvalue weighted by atomic mass is 35.5. The van der Waals surface area contributed by atoms with Crippen LogP contribution in [-0.2, 0) is 4.79 Å². The molecule has 1 aromatic heterocycles. The Kier molecular flexibility index (Phi) is 6.22. The van der Waals surface area contributed by atoms with Gasteiger partial charge in [0.15, 0.2) is 5.13 Å². The van der Waals surface area contributed by atoms with Crippen molar-refractivity contribution in [2.45, 2.75) is 0 Å². The Morgan fingerprint density at radius 3 is 2.35 bits per heavy atom. The number of rotatable bonds is 4. The second-order valence-corrected chi connectivity index (χ2v) is 7.65. The zero-order valence-electron chi connectivity index (χ0n) is 13.0. The molecule has 0 unspecified atom stereocenters. The van der Waals surface area contributed by atoms with Crippen molar-refractivity contribution in [2.75, 3.05) is 5.32 Å². The minimum absolute atomic E-state index is 0.300. The van der Waals surface area contributed by atoms with Crippen LogP contribution in [-0.4, -0.2) is 10.9 Å². The van der Waals surface area contributed by atoms with Crippen molar-refractivity contribution in [2.24, 2.45) is 0 Å². The Balaban J connectivity index is 1.68. The average Bonchev–Trinajstić information content (AvgIpc) is 3.07. The lowest BCUT2D eigenvalue weighted by Gasteiger charge is -2.00. The highest BCUT2D eigenvalue weighted by molar-refractivity contribution is 7.14. The van der Waals surface area contributed by atoms with Crippen molar-refractivity contribution < 1.29 is 4.79 Å². The number of carbonyl (C=O) groups excluding carboxylic acids is 1. The van der Waals surface area contributed by atoms with Gasteiger partial charge in [-0.2, -0.15) is 0 Å². The zero-order valence-corrected chi connectivity index (χ0v) is 16.8. The molecule has 2 aromatic carbocycles. The summed E-state index contributed by atoms with van der Waals surface area (Å²) in [5, 5.41) is 6.85. The number of anilines is 1. The molecule has 0 spiro atoms. The van der Waals surface area contributed by atoms with E-state index in [2.05, 4.69) is 10.3 Å². The number of amides is 1. The van der Waals surface area contributed by atoms with Crippen LogP contribution in [0.5, 0.6) is 0 Å². The third kappa shape index (κ3) is 4.78. The lowest BCUT2D eigenvalue weighted by molar-refractivity contribution is -0.111. The molecule has 3 nitrogen and oxygen atoms in total. The molecule has 0 saturated carbocycles. The normalized spacial score (nSPS) is 11.1. The monoisotopic (exact) mass is 442 g/mol. The second-order valence-electron chi connectivity index (χ2n) is 5.16. The predicted octanol–water partition coefficient (Wildman–Crippen LogP) is 7.08. The summed E-state index contributed by atoms with van der Waals surface area (Å²) in [5.74, 6) is -0.300. The van der Waals surface area contributed by atoms with Gasteiger partial charge in [0, 0.05) is 17.0 Å². The summed E-state index contributed by atoms with van der Waals surface area (Å²) in [7, 11) is 0. The van der Waals surface area contributed by atoms with Crippen LogP contribution in [0.2, 0.25) is 20.1 Å². The van der Waals surface area contributed by atoms with E-state index in [4.69, 9.17) is 46.4 Å². The number of thiazole rings is 1. The van der Waals surface area contributed by atoms with Gasteiger partial charge in [0.05, 0.1) is 25.8 Å². The van der Waals surface area contributed by atoms with Crippen molar-refractivity contribution in [3.8, 4) is 11.3 Å². The molecule has 26 heavy (non-hydrogen) atoms. The molecular weight excluding hydrogens is 434 g/mol. The zero-order chi connectivity index (χ0) is 18.7. The number of carbonyl (C=O) groups is 1. The molecule has 3 aromatic rings. The third-order valence-electron chi connectivity index (χ3n) is 3.32. The maximum absolute atomic E-state index is 12.1. The molecule has 1 amide bonds. The largest absolute Gasteiger partial charge is 0.298 e. The average molecular weight is 444 g/mol. The molecule has 3 rings (SSSR count). The fourth-order valence-electron chi connectivity index (χ4n) is 2.05. The van der Waals surface area contributed by atoms with E-state index in [9.17, 15) is 4.79 Å². The van der Waals surface area contributed by atoms with Crippen LogP contribution in [0.4, 0.5) is 5.13 Å². The van der Waals surface area contributed by atoms with Gasteiger partial charge in [0.1, 0.15) is 0 Å². The molecule has 0 aliphatic carbocycles. The number of halogens is 4. The van der Waals surface area contributed by atoms with Crippen LogP contribution in [0, 0.1) is 0 Å². The number of benzene rings is 2. The van der Waals surface area contributed by atoms with E-state index in [0.717, 1.165) is 11.1 Å². The molecule has 8 heteroatoms. The van der Waals surface area contributed by atoms with Crippen LogP contribution >= 0.6 is 57.7 Å². The molecule has 0 aliphatic rings. The number of nitrogens with zero attached hydrogens (tertiary/aromatic N) is 1. The van der Waals surface area contributed by atoms with E-state index in [1.807, 2.05) is 11.4 Å². The van der Waals surface area contributed by atoms with Gasteiger partial charge >= 0.3 is 0 Å². The van der Waals surface area contributed by atoms with Crippen molar-refractivity contribution in [1.29, 1.82) is 0 Å². The van der Waals surface area contributed by atoms with Gasteiger partial charge in [-0.1, -0.05) is 58.5 Å². The Hall–Kier alpha value is -1.56. The quantitative estimate of drug-likeness (QED) is 0.437. The Bertz CT molecular complexity index is 1000. The smallest absolute Gasteiger partial charge is 0.250 e. The first-order chi connectivity index (χ1) is 12.4.